The van der Waals surface area contributed by atoms with Crippen LogP contribution in [0, 0.1) is 11.3 Å². The van der Waals surface area contributed by atoms with Crippen molar-refractivity contribution in [3.63, 3.8) is 0 Å². The van der Waals surface area contributed by atoms with Crippen LogP contribution in [0.3, 0.4) is 0 Å². The highest BCUT2D eigenvalue weighted by molar-refractivity contribution is 5.00. The zero-order valence-corrected chi connectivity index (χ0v) is 9.29. The van der Waals surface area contributed by atoms with Gasteiger partial charge in [-0.2, -0.15) is 5.26 Å². The van der Waals surface area contributed by atoms with Crippen LogP contribution in [0.25, 0.3) is 0 Å². The van der Waals surface area contributed by atoms with Crippen molar-refractivity contribution in [2.75, 3.05) is 13.1 Å². The first-order valence-electron chi connectivity index (χ1n) is 5.53. The van der Waals surface area contributed by atoms with Gasteiger partial charge in [0.15, 0.2) is 0 Å². The first-order valence-corrected chi connectivity index (χ1v) is 5.53. The molecule has 0 aliphatic heterocycles. The Hall–Kier alpha value is -0.590. The number of rotatable bonds is 6. The highest BCUT2D eigenvalue weighted by Gasteiger charge is 2.27. The fraction of sp³-hybridized carbons (Fsp3) is 0.909. The predicted molar refractivity (Wildman–Crippen MR) is 57.7 cm³/mol. The summed E-state index contributed by atoms with van der Waals surface area (Å²) in [6.07, 6.45) is 4.54. The average molecular weight is 195 g/mol. The van der Waals surface area contributed by atoms with E-state index in [1.54, 1.807) is 6.92 Å². The van der Waals surface area contributed by atoms with Crippen LogP contribution in [0.5, 0.6) is 0 Å². The van der Waals surface area contributed by atoms with Crippen LogP contribution in [-0.4, -0.2) is 29.6 Å². The highest BCUT2D eigenvalue weighted by Crippen LogP contribution is 2.26. The van der Waals surface area contributed by atoms with E-state index in [1.165, 1.54) is 12.8 Å². The average Bonchev–Trinajstić information content (AvgIpc) is 2.96. The molecule has 0 bridgehead atoms. The third-order valence-electron chi connectivity index (χ3n) is 2.87. The van der Waals surface area contributed by atoms with Gasteiger partial charge in [-0.3, -0.25) is 0 Å². The molecule has 0 aromatic rings. The van der Waals surface area contributed by atoms with E-state index in [4.69, 9.17) is 11.0 Å². The van der Waals surface area contributed by atoms with E-state index in [2.05, 4.69) is 17.9 Å². The van der Waals surface area contributed by atoms with Gasteiger partial charge in [-0.05, 0) is 45.7 Å². The van der Waals surface area contributed by atoms with Gasteiger partial charge in [0.1, 0.15) is 5.54 Å². The van der Waals surface area contributed by atoms with E-state index in [-0.39, 0.29) is 0 Å². The molecule has 0 spiro atoms. The quantitative estimate of drug-likeness (QED) is 0.698. The van der Waals surface area contributed by atoms with Crippen molar-refractivity contribution in [1.29, 1.82) is 5.26 Å². The summed E-state index contributed by atoms with van der Waals surface area (Å²) in [6.45, 7) is 6.22. The molecule has 80 valence electrons. The number of nitrogens with two attached hydrogens (primary N) is 1. The van der Waals surface area contributed by atoms with Crippen molar-refractivity contribution in [3.8, 4) is 6.07 Å². The Kier molecular flexibility index (Phi) is 3.91. The van der Waals surface area contributed by atoms with E-state index in [0.29, 0.717) is 0 Å². The van der Waals surface area contributed by atoms with Crippen LogP contribution >= 0.6 is 0 Å². The lowest BCUT2D eigenvalue weighted by molar-refractivity contribution is 0.265. The lowest BCUT2D eigenvalue weighted by atomic mass is 9.99. The topological polar surface area (TPSA) is 53.0 Å². The molecule has 0 aromatic carbocycles. The number of hydrogen-bond acceptors (Lipinski definition) is 3. The lowest BCUT2D eigenvalue weighted by Crippen LogP contribution is -2.35. The maximum Gasteiger partial charge on any atom is 0.101 e. The minimum atomic E-state index is -0.636. The molecule has 1 fully saturated rings. The molecule has 3 nitrogen and oxygen atoms in total. The standard InChI is InChI=1S/C11H21N3/c1-3-14(10-5-6-10)8-4-7-11(2,13)9-12/h10H,3-8,13H2,1-2H3. The largest absolute Gasteiger partial charge is 0.314 e. The zero-order chi connectivity index (χ0) is 10.6. The fourth-order valence-corrected chi connectivity index (χ4v) is 1.74. The van der Waals surface area contributed by atoms with Crippen LogP contribution in [0.1, 0.15) is 39.5 Å². The smallest absolute Gasteiger partial charge is 0.101 e. The molecule has 0 saturated heterocycles. The van der Waals surface area contributed by atoms with Gasteiger partial charge in [-0.1, -0.05) is 6.92 Å². The maximum absolute atomic E-state index is 8.75. The molecule has 1 saturated carbocycles. The zero-order valence-electron chi connectivity index (χ0n) is 9.29. The van der Waals surface area contributed by atoms with E-state index < -0.39 is 5.54 Å². The van der Waals surface area contributed by atoms with Gasteiger partial charge in [0.2, 0.25) is 0 Å². The van der Waals surface area contributed by atoms with Crippen LogP contribution in [0.2, 0.25) is 0 Å². The summed E-state index contributed by atoms with van der Waals surface area (Å²) in [6, 6.07) is 2.96. The van der Waals surface area contributed by atoms with Gasteiger partial charge in [0.05, 0.1) is 6.07 Å². The van der Waals surface area contributed by atoms with Crippen molar-refractivity contribution in [1.82, 2.24) is 4.90 Å². The van der Waals surface area contributed by atoms with E-state index in [0.717, 1.165) is 32.0 Å². The van der Waals surface area contributed by atoms with Gasteiger partial charge < -0.3 is 10.6 Å². The molecular formula is C11H21N3. The summed E-state index contributed by atoms with van der Waals surface area (Å²) < 4.78 is 0. The molecule has 3 heteroatoms. The van der Waals surface area contributed by atoms with Gasteiger partial charge in [-0.25, -0.2) is 0 Å². The third kappa shape index (κ3) is 3.65. The van der Waals surface area contributed by atoms with E-state index >= 15 is 0 Å². The van der Waals surface area contributed by atoms with Gasteiger partial charge in [-0.15, -0.1) is 0 Å². The Morgan fingerprint density at radius 3 is 2.64 bits per heavy atom. The molecule has 0 heterocycles. The second-order valence-electron chi connectivity index (χ2n) is 4.49. The van der Waals surface area contributed by atoms with Crippen molar-refractivity contribution in [2.24, 2.45) is 5.73 Å². The third-order valence-corrected chi connectivity index (χ3v) is 2.87. The first-order chi connectivity index (χ1) is 6.59. The van der Waals surface area contributed by atoms with Gasteiger partial charge in [0, 0.05) is 6.04 Å². The molecule has 0 amide bonds. The van der Waals surface area contributed by atoms with Crippen molar-refractivity contribution >= 4 is 0 Å². The molecule has 14 heavy (non-hydrogen) atoms. The van der Waals surface area contributed by atoms with Crippen molar-refractivity contribution in [2.45, 2.75) is 51.1 Å². The van der Waals surface area contributed by atoms with Crippen molar-refractivity contribution in [3.05, 3.63) is 0 Å². The summed E-state index contributed by atoms with van der Waals surface area (Å²) >= 11 is 0. The van der Waals surface area contributed by atoms with Crippen LogP contribution in [-0.2, 0) is 0 Å². The summed E-state index contributed by atoms with van der Waals surface area (Å²) in [7, 11) is 0. The minimum Gasteiger partial charge on any atom is -0.314 e. The summed E-state index contributed by atoms with van der Waals surface area (Å²) in [4.78, 5) is 2.49. The molecule has 1 atom stereocenters. The Bertz CT molecular complexity index is 213. The van der Waals surface area contributed by atoms with Gasteiger partial charge >= 0.3 is 0 Å². The number of nitriles is 1. The predicted octanol–water partition coefficient (Wildman–Crippen LogP) is 1.49. The monoisotopic (exact) mass is 195 g/mol. The van der Waals surface area contributed by atoms with Crippen LogP contribution < -0.4 is 5.73 Å². The second kappa shape index (κ2) is 4.77. The summed E-state index contributed by atoms with van der Waals surface area (Å²) in [5.74, 6) is 0. The Morgan fingerprint density at radius 1 is 1.57 bits per heavy atom. The molecular weight excluding hydrogens is 174 g/mol. The Balaban J connectivity index is 2.16. The number of nitrogens with zero attached hydrogens (tertiary/aromatic N) is 2. The first kappa shape index (κ1) is 11.5. The normalized spacial score (nSPS) is 20.5. The summed E-state index contributed by atoms with van der Waals surface area (Å²) in [5.41, 5.74) is 5.12. The second-order valence-corrected chi connectivity index (χ2v) is 4.49. The van der Waals surface area contributed by atoms with Gasteiger partial charge in [0.25, 0.3) is 0 Å². The Labute approximate surface area is 86.9 Å². The molecule has 1 unspecified atom stereocenters. The maximum atomic E-state index is 8.75. The minimum absolute atomic E-state index is 0.636. The van der Waals surface area contributed by atoms with E-state index in [9.17, 15) is 0 Å². The number of hydrogen-bond donors (Lipinski definition) is 1. The highest BCUT2D eigenvalue weighted by atomic mass is 15.2. The lowest BCUT2D eigenvalue weighted by Gasteiger charge is -2.22. The molecule has 1 rings (SSSR count). The Morgan fingerprint density at radius 2 is 2.21 bits per heavy atom. The van der Waals surface area contributed by atoms with Crippen molar-refractivity contribution < 1.29 is 0 Å². The fourth-order valence-electron chi connectivity index (χ4n) is 1.74. The van der Waals surface area contributed by atoms with Crippen LogP contribution in [0.4, 0.5) is 0 Å². The summed E-state index contributed by atoms with van der Waals surface area (Å²) in [5, 5.41) is 8.75. The molecule has 2 N–H and O–H groups in total. The molecule has 0 radical (unpaired) electrons. The molecule has 1 aliphatic rings. The SMILES string of the molecule is CCN(CCCC(C)(N)C#N)C1CC1. The van der Waals surface area contributed by atoms with E-state index in [1.807, 2.05) is 0 Å². The van der Waals surface area contributed by atoms with Crippen LogP contribution in [0.15, 0.2) is 0 Å². The molecule has 0 aromatic heterocycles. The molecule has 1 aliphatic carbocycles.